The van der Waals surface area contributed by atoms with Crippen molar-refractivity contribution in [2.75, 3.05) is 44.2 Å². The summed E-state index contributed by atoms with van der Waals surface area (Å²) in [6.07, 6.45) is 8.61. The molecule has 1 amide bonds. The van der Waals surface area contributed by atoms with Crippen LogP contribution in [0, 0.1) is 17.2 Å². The molecule has 2 fully saturated rings. The molecule has 0 bridgehead atoms. The molecule has 8 rings (SSSR count). The molecule has 3 heterocycles. The first-order chi connectivity index (χ1) is 29.5. The summed E-state index contributed by atoms with van der Waals surface area (Å²) in [6, 6.07) is 16.7. The number of anilines is 1. The van der Waals surface area contributed by atoms with Crippen molar-refractivity contribution in [1.29, 1.82) is 0 Å². The highest BCUT2D eigenvalue weighted by molar-refractivity contribution is 7.90. The van der Waals surface area contributed by atoms with E-state index >= 15 is 0 Å². The van der Waals surface area contributed by atoms with Gasteiger partial charge in [-0.3, -0.25) is 14.8 Å². The molecule has 0 atom stereocenters. The molecule has 0 spiro atoms. The molecule has 16 heteroatoms. The Balaban J connectivity index is 0.993. The van der Waals surface area contributed by atoms with E-state index < -0.39 is 27.3 Å². The number of ether oxygens (including phenoxy) is 2. The van der Waals surface area contributed by atoms with E-state index in [0.717, 1.165) is 68.6 Å². The van der Waals surface area contributed by atoms with E-state index in [1.165, 1.54) is 47.2 Å². The standard InChI is InChI=1S/C46H51Cl2FN6O6S/c1-45(2)13-12-31(37(24-45)30-4-6-32(47)7-5-30)27-54-16-18-55(19-17-54)34-8-9-36(42(22-34)61-41-21-33(49)20-40-38(41)26-51-52-40)43(56)53-62(58,59)35-23-39(48)44(50-25-35)60-28-29-10-14-46(3,57)15-11-29/h4-9,20-23,25-26,29,57H,10-19,24,27-28H2,1-3H3,(H,51,52)(H,53,56)/t29-,46+. The molecule has 2 aliphatic carbocycles. The van der Waals surface area contributed by atoms with Crippen LogP contribution in [0.15, 0.2) is 83.5 Å². The summed E-state index contributed by atoms with van der Waals surface area (Å²) in [6.45, 7) is 10.6. The number of piperazine rings is 1. The maximum absolute atomic E-state index is 14.8. The Bertz CT molecular complexity index is 2600. The van der Waals surface area contributed by atoms with Crippen molar-refractivity contribution in [1.82, 2.24) is 24.8 Å². The number of benzene rings is 3. The number of sulfonamides is 1. The number of aromatic amines is 1. The highest BCUT2D eigenvalue weighted by Crippen LogP contribution is 2.44. The fraction of sp³-hybridized carbons (Fsp3) is 0.413. The van der Waals surface area contributed by atoms with Gasteiger partial charge in [-0.25, -0.2) is 22.5 Å². The molecular weight excluding hydrogens is 855 g/mol. The Morgan fingerprint density at radius 2 is 1.71 bits per heavy atom. The zero-order chi connectivity index (χ0) is 43.8. The molecule has 3 aliphatic rings. The molecule has 3 N–H and O–H groups in total. The Kier molecular flexibility index (Phi) is 12.6. The largest absolute Gasteiger partial charge is 0.476 e. The molecule has 0 radical (unpaired) electrons. The number of H-pyrrole nitrogens is 1. The van der Waals surface area contributed by atoms with Gasteiger partial charge in [0.1, 0.15) is 27.2 Å². The van der Waals surface area contributed by atoms with E-state index in [2.05, 4.69) is 55.7 Å². The Morgan fingerprint density at radius 3 is 2.44 bits per heavy atom. The Labute approximate surface area is 371 Å². The summed E-state index contributed by atoms with van der Waals surface area (Å²) in [7, 11) is -4.48. The van der Waals surface area contributed by atoms with E-state index in [-0.39, 0.29) is 44.2 Å². The number of allylic oxidation sites excluding steroid dienone is 1. The summed E-state index contributed by atoms with van der Waals surface area (Å²) >= 11 is 12.7. The van der Waals surface area contributed by atoms with Crippen LogP contribution in [-0.2, 0) is 10.0 Å². The lowest BCUT2D eigenvalue weighted by Gasteiger charge is -2.39. The van der Waals surface area contributed by atoms with Crippen LogP contribution in [0.5, 0.6) is 17.4 Å². The van der Waals surface area contributed by atoms with E-state index in [4.69, 9.17) is 32.7 Å². The first kappa shape index (κ1) is 43.9. The third-order valence-corrected chi connectivity index (χ3v) is 14.2. The number of carbonyl (C=O) groups excluding carboxylic acids is 1. The number of aliphatic hydroxyl groups is 1. The van der Waals surface area contributed by atoms with E-state index in [9.17, 15) is 22.7 Å². The van der Waals surface area contributed by atoms with Gasteiger partial charge in [-0.1, -0.05) is 54.8 Å². The van der Waals surface area contributed by atoms with Gasteiger partial charge in [0.25, 0.3) is 15.9 Å². The topological polar surface area (TPSA) is 150 Å². The third kappa shape index (κ3) is 10.2. The van der Waals surface area contributed by atoms with Gasteiger partial charge in [0.15, 0.2) is 0 Å². The highest BCUT2D eigenvalue weighted by atomic mass is 35.5. The predicted octanol–water partition coefficient (Wildman–Crippen LogP) is 9.42. The molecule has 3 aromatic carbocycles. The van der Waals surface area contributed by atoms with Gasteiger partial charge in [-0.2, -0.15) is 5.10 Å². The van der Waals surface area contributed by atoms with Crippen LogP contribution in [0.1, 0.15) is 81.6 Å². The lowest BCUT2D eigenvalue weighted by Crippen LogP contribution is -2.47. The number of halogens is 3. The number of rotatable bonds is 12. The quantitative estimate of drug-likeness (QED) is 0.111. The lowest BCUT2D eigenvalue weighted by molar-refractivity contribution is 0.00127. The molecule has 62 heavy (non-hydrogen) atoms. The Morgan fingerprint density at radius 1 is 0.968 bits per heavy atom. The van der Waals surface area contributed by atoms with Crippen molar-refractivity contribution < 1.29 is 32.2 Å². The van der Waals surface area contributed by atoms with Crippen molar-refractivity contribution in [3.05, 3.63) is 106 Å². The zero-order valence-electron chi connectivity index (χ0n) is 35.0. The predicted molar refractivity (Wildman–Crippen MR) is 239 cm³/mol. The first-order valence-corrected chi connectivity index (χ1v) is 23.2. The van der Waals surface area contributed by atoms with Gasteiger partial charge < -0.3 is 19.5 Å². The maximum Gasteiger partial charge on any atom is 0.268 e. The molecule has 328 valence electrons. The van der Waals surface area contributed by atoms with E-state index in [1.54, 1.807) is 12.1 Å². The number of nitrogens with one attached hydrogen (secondary N) is 2. The number of carbonyl (C=O) groups is 1. The number of pyridine rings is 1. The summed E-state index contributed by atoms with van der Waals surface area (Å²) in [4.78, 5) is 22.4. The van der Waals surface area contributed by atoms with Crippen molar-refractivity contribution in [2.24, 2.45) is 11.3 Å². The van der Waals surface area contributed by atoms with Crippen LogP contribution >= 0.6 is 23.2 Å². The second kappa shape index (κ2) is 17.8. The molecular formula is C46H51Cl2FN6O6S. The monoisotopic (exact) mass is 904 g/mol. The smallest absolute Gasteiger partial charge is 0.268 e. The van der Waals surface area contributed by atoms with Gasteiger partial charge in [0.2, 0.25) is 5.88 Å². The van der Waals surface area contributed by atoms with Crippen molar-refractivity contribution in [3.63, 3.8) is 0 Å². The van der Waals surface area contributed by atoms with Crippen molar-refractivity contribution in [3.8, 4) is 17.4 Å². The summed E-state index contributed by atoms with van der Waals surface area (Å²) in [5, 5.41) is 18.2. The number of hydrogen-bond donors (Lipinski definition) is 3. The molecule has 1 aliphatic heterocycles. The number of amides is 1. The second-order valence-electron chi connectivity index (χ2n) is 17.9. The Hall–Kier alpha value is -4.73. The van der Waals surface area contributed by atoms with Crippen LogP contribution in [0.2, 0.25) is 10.0 Å². The fourth-order valence-electron chi connectivity index (χ4n) is 8.63. The van der Waals surface area contributed by atoms with Gasteiger partial charge in [0, 0.05) is 55.6 Å². The summed E-state index contributed by atoms with van der Waals surface area (Å²) in [5.74, 6) is -1.17. The number of hydrogen-bond acceptors (Lipinski definition) is 10. The van der Waals surface area contributed by atoms with E-state index in [0.29, 0.717) is 43.4 Å². The van der Waals surface area contributed by atoms with Crippen molar-refractivity contribution >= 4 is 61.3 Å². The average Bonchev–Trinajstić information content (AvgIpc) is 3.71. The van der Waals surface area contributed by atoms with Crippen LogP contribution in [-0.4, -0.2) is 84.4 Å². The van der Waals surface area contributed by atoms with E-state index in [1.807, 2.05) is 19.1 Å². The van der Waals surface area contributed by atoms with Gasteiger partial charge in [0.05, 0.1) is 41.1 Å². The SMILES string of the molecule is CC1(C)CCC(CN2CCN(c3ccc(C(=O)NS(=O)(=O)c4cnc(OC[C@H]5CC[C@@](C)(O)CC5)c(Cl)c4)c(Oc4cc(F)cc5[nH]ncc45)c3)CC2)=C(c2ccc(Cl)cc2)C1. The minimum atomic E-state index is -4.48. The van der Waals surface area contributed by atoms with Crippen molar-refractivity contribution in [2.45, 2.75) is 76.2 Å². The van der Waals surface area contributed by atoms with Gasteiger partial charge in [-0.05, 0) is 111 Å². The molecule has 0 unspecified atom stereocenters. The van der Waals surface area contributed by atoms with Crippen LogP contribution < -0.4 is 19.1 Å². The normalized spacial score (nSPS) is 21.0. The zero-order valence-corrected chi connectivity index (χ0v) is 37.3. The summed E-state index contributed by atoms with van der Waals surface area (Å²) < 4.78 is 56.3. The van der Waals surface area contributed by atoms with Gasteiger partial charge >= 0.3 is 0 Å². The average molecular weight is 906 g/mol. The molecule has 12 nitrogen and oxygen atoms in total. The number of aromatic nitrogens is 3. The van der Waals surface area contributed by atoms with Crippen LogP contribution in [0.25, 0.3) is 16.5 Å². The number of nitrogens with zero attached hydrogens (tertiary/aromatic N) is 4. The second-order valence-corrected chi connectivity index (χ2v) is 20.4. The first-order valence-electron chi connectivity index (χ1n) is 21.0. The minimum absolute atomic E-state index is 0.0254. The molecule has 2 aromatic heterocycles. The molecule has 5 aromatic rings. The van der Waals surface area contributed by atoms with Crippen LogP contribution in [0.3, 0.4) is 0 Å². The third-order valence-electron chi connectivity index (χ3n) is 12.4. The maximum atomic E-state index is 14.8. The number of fused-ring (bicyclic) bond motifs is 1. The lowest BCUT2D eigenvalue weighted by atomic mass is 9.72. The summed E-state index contributed by atoms with van der Waals surface area (Å²) in [5.41, 5.74) is 4.65. The minimum Gasteiger partial charge on any atom is -0.476 e. The molecule has 1 saturated carbocycles. The fourth-order valence-corrected chi connectivity index (χ4v) is 9.97. The highest BCUT2D eigenvalue weighted by Gasteiger charge is 2.32. The molecule has 1 saturated heterocycles. The van der Waals surface area contributed by atoms with Crippen LogP contribution in [0.4, 0.5) is 10.1 Å². The van der Waals surface area contributed by atoms with Gasteiger partial charge in [-0.15, -0.1) is 0 Å².